The van der Waals surface area contributed by atoms with E-state index in [0.717, 1.165) is 141 Å². The number of likely N-dealkylation sites (N-methyl/N-ethyl adjacent to an activating group) is 1. The number of phosphoric ester groups is 1. The Kier molecular flexibility index (Phi) is 61.3. The lowest BCUT2D eigenvalue weighted by atomic mass is 10.0. The topological polar surface area (TPSA) is 114 Å². The summed E-state index contributed by atoms with van der Waals surface area (Å²) < 4.78 is 30.4. The van der Waals surface area contributed by atoms with Gasteiger partial charge in [0.2, 0.25) is 5.91 Å². The van der Waals surface area contributed by atoms with Crippen molar-refractivity contribution < 1.29 is 37.3 Å². The molecule has 0 aromatic rings. The van der Waals surface area contributed by atoms with Gasteiger partial charge in [-0.15, -0.1) is 0 Å². The zero-order valence-corrected chi connectivity index (χ0v) is 57.1. The van der Waals surface area contributed by atoms with Crippen LogP contribution in [0, 0.1) is 0 Å². The Morgan fingerprint density at radius 1 is 0.419 bits per heavy atom. The Hall–Kier alpha value is -3.85. The van der Waals surface area contributed by atoms with Gasteiger partial charge in [-0.1, -0.05) is 277 Å². The van der Waals surface area contributed by atoms with Crippen molar-refractivity contribution in [3.8, 4) is 0 Å². The van der Waals surface area contributed by atoms with Gasteiger partial charge in [-0.25, -0.2) is 0 Å². The molecule has 0 aromatic heterocycles. The van der Waals surface area contributed by atoms with E-state index in [9.17, 15) is 19.0 Å². The van der Waals surface area contributed by atoms with Crippen molar-refractivity contribution in [1.82, 2.24) is 5.32 Å². The van der Waals surface area contributed by atoms with Crippen LogP contribution in [-0.2, 0) is 27.9 Å². The van der Waals surface area contributed by atoms with Crippen LogP contribution >= 0.6 is 7.82 Å². The van der Waals surface area contributed by atoms with Crippen LogP contribution in [0.2, 0.25) is 0 Å². The molecule has 0 bridgehead atoms. The molecule has 0 spiro atoms. The van der Waals surface area contributed by atoms with Crippen molar-refractivity contribution in [2.75, 3.05) is 40.9 Å². The van der Waals surface area contributed by atoms with E-state index < -0.39 is 26.6 Å². The molecule has 0 aliphatic rings. The Morgan fingerprint density at radius 3 is 1.14 bits per heavy atom. The highest BCUT2D eigenvalue weighted by Gasteiger charge is 2.27. The molecule has 0 aliphatic heterocycles. The van der Waals surface area contributed by atoms with Gasteiger partial charge in [0.15, 0.2) is 0 Å². The van der Waals surface area contributed by atoms with Crippen molar-refractivity contribution in [1.29, 1.82) is 0 Å². The van der Waals surface area contributed by atoms with Crippen LogP contribution in [0.15, 0.2) is 134 Å². The van der Waals surface area contributed by atoms with Gasteiger partial charge in [0.25, 0.3) is 7.82 Å². The van der Waals surface area contributed by atoms with Crippen LogP contribution in [0.5, 0.6) is 0 Å². The summed E-state index contributed by atoms with van der Waals surface area (Å²) in [5.41, 5.74) is 0. The maximum absolute atomic E-state index is 13.6. The maximum atomic E-state index is 13.6. The fraction of sp³-hybridized carbons (Fsp3) is 0.684. The Labute approximate surface area is 530 Å². The molecule has 3 unspecified atom stereocenters. The highest BCUT2D eigenvalue weighted by atomic mass is 31.2. The summed E-state index contributed by atoms with van der Waals surface area (Å²) in [7, 11) is 1.15. The van der Waals surface area contributed by atoms with Crippen molar-refractivity contribution >= 4 is 19.7 Å². The van der Waals surface area contributed by atoms with Gasteiger partial charge < -0.3 is 28.5 Å². The van der Waals surface area contributed by atoms with Crippen LogP contribution < -0.4 is 10.2 Å². The number of phosphoric acid groups is 1. The third-order valence-corrected chi connectivity index (χ3v) is 15.8. The second-order valence-electron chi connectivity index (χ2n) is 24.3. The molecule has 0 heterocycles. The number of unbranched alkanes of at least 4 members (excludes halogenated alkanes) is 26. The van der Waals surface area contributed by atoms with E-state index in [4.69, 9.17) is 13.8 Å². The third-order valence-electron chi connectivity index (χ3n) is 14.8. The first-order valence-electron chi connectivity index (χ1n) is 35.0. The van der Waals surface area contributed by atoms with Gasteiger partial charge >= 0.3 is 5.97 Å². The molecule has 0 aromatic carbocycles. The first-order chi connectivity index (χ1) is 41.9. The maximum Gasteiger partial charge on any atom is 0.306 e. The first kappa shape index (κ1) is 82.1. The fourth-order valence-electron chi connectivity index (χ4n) is 9.45. The number of hydrogen-bond donors (Lipinski definition) is 1. The molecule has 3 atom stereocenters. The number of carbonyl (C=O) groups is 2. The van der Waals surface area contributed by atoms with Gasteiger partial charge in [-0.05, 0) is 128 Å². The normalized spacial score (nSPS) is 14.4. The summed E-state index contributed by atoms with van der Waals surface area (Å²) in [6.07, 6.45) is 91.4. The number of allylic oxidation sites excluding steroid dienone is 21. The number of nitrogens with one attached hydrogen (secondary N) is 1. The van der Waals surface area contributed by atoms with Crippen LogP contribution in [0.4, 0.5) is 0 Å². The van der Waals surface area contributed by atoms with Crippen LogP contribution in [0.3, 0.4) is 0 Å². The van der Waals surface area contributed by atoms with Crippen molar-refractivity contribution in [3.63, 3.8) is 0 Å². The molecule has 9 nitrogen and oxygen atoms in total. The molecule has 0 radical (unpaired) electrons. The number of hydrogen-bond acceptors (Lipinski definition) is 7. The summed E-state index contributed by atoms with van der Waals surface area (Å²) in [4.78, 5) is 40.2. The number of quaternary nitrogens is 1. The summed E-state index contributed by atoms with van der Waals surface area (Å²) >= 11 is 0. The van der Waals surface area contributed by atoms with E-state index in [-0.39, 0.29) is 24.9 Å². The van der Waals surface area contributed by atoms with Gasteiger partial charge in [0.1, 0.15) is 19.3 Å². The zero-order valence-electron chi connectivity index (χ0n) is 56.2. The summed E-state index contributed by atoms with van der Waals surface area (Å²) in [6.45, 7) is 6.68. The van der Waals surface area contributed by atoms with E-state index in [1.54, 1.807) is 0 Å². The molecular formula is C76H131N2O7P. The van der Waals surface area contributed by atoms with Crippen molar-refractivity contribution in [2.24, 2.45) is 0 Å². The molecule has 1 amide bonds. The largest absolute Gasteiger partial charge is 0.756 e. The van der Waals surface area contributed by atoms with Gasteiger partial charge in [-0.2, -0.15) is 0 Å². The fourth-order valence-corrected chi connectivity index (χ4v) is 10.2. The Morgan fingerprint density at radius 2 is 0.744 bits per heavy atom. The summed E-state index contributed by atoms with van der Waals surface area (Å²) in [5, 5.41) is 3.03. The summed E-state index contributed by atoms with van der Waals surface area (Å²) in [6, 6.07) is -0.912. The average Bonchev–Trinajstić information content (AvgIpc) is 3.67. The minimum absolute atomic E-state index is 0.0344. The predicted molar refractivity (Wildman–Crippen MR) is 371 cm³/mol. The van der Waals surface area contributed by atoms with E-state index in [0.29, 0.717) is 23.9 Å². The second-order valence-corrected chi connectivity index (χ2v) is 25.7. The SMILES string of the molecule is CC/C=C\C/C=C\C/C=C\C/C=C\C/C=C\C/C=C\CCCCCCCCCCC(=O)NC(COP(=O)([O-])OCC[N+](C)(C)C)C(/C=C\CCCCCCCCCCCC)OC(=O)CCCCCCC/C=C\C/C=C\C/C=C\C/C=C\CCCCC. The quantitative estimate of drug-likeness (QED) is 0.0212. The molecule has 0 saturated heterocycles. The molecule has 0 rings (SSSR count). The highest BCUT2D eigenvalue weighted by molar-refractivity contribution is 7.45. The number of nitrogens with zero attached hydrogens (tertiary/aromatic N) is 1. The standard InChI is InChI=1S/C76H131N2O7P/c1-7-10-13-16-19-22-25-28-30-32-34-36-37-38-39-40-41-43-44-46-48-50-53-56-59-62-65-68-75(79)77-73(72-84-86(81,82)83-71-70-78(4,5)6)74(67-64-61-58-55-52-27-24-21-18-15-12-9-3)85-76(80)69-66-63-60-57-54-51-49-47-45-42-35-33-31-29-26-23-20-17-14-11-8-2/h10,13,19-20,22-23,28-31,34-36,38-39,41-43,47,49,64,67,73-74H,7-9,11-12,14-18,21,24-27,32-33,37,40,44-46,48,50-63,65-66,68-72H2,1-6H3,(H-,77,79,81,82)/b13-10-,22-19-,23-20-,30-28-,31-29-,36-34-,39-38-,42-35-,43-41-,49-47-,67-64-. The monoisotopic (exact) mass is 1210 g/mol. The van der Waals surface area contributed by atoms with E-state index in [2.05, 4.69) is 148 Å². The smallest absolute Gasteiger partial charge is 0.306 e. The predicted octanol–water partition coefficient (Wildman–Crippen LogP) is 21.8. The first-order valence-corrected chi connectivity index (χ1v) is 36.5. The molecule has 0 saturated carbocycles. The van der Waals surface area contributed by atoms with Crippen molar-refractivity contribution in [3.05, 3.63) is 134 Å². The highest BCUT2D eigenvalue weighted by Crippen LogP contribution is 2.38. The number of carbonyl (C=O) groups excluding carboxylic acids is 2. The number of esters is 1. The Bertz CT molecular complexity index is 1930. The molecule has 10 heteroatoms. The zero-order chi connectivity index (χ0) is 62.8. The number of ether oxygens (including phenoxy) is 1. The van der Waals surface area contributed by atoms with Gasteiger partial charge in [-0.3, -0.25) is 14.2 Å². The molecule has 492 valence electrons. The second kappa shape index (κ2) is 64.1. The van der Waals surface area contributed by atoms with E-state index >= 15 is 0 Å². The minimum atomic E-state index is -4.72. The molecule has 0 fully saturated rings. The van der Waals surface area contributed by atoms with Gasteiger partial charge in [0, 0.05) is 12.8 Å². The Balaban J connectivity index is 5.16. The van der Waals surface area contributed by atoms with Crippen LogP contribution in [-0.4, -0.2) is 69.4 Å². The van der Waals surface area contributed by atoms with E-state index in [1.165, 1.54) is 103 Å². The molecule has 0 aliphatic carbocycles. The van der Waals surface area contributed by atoms with Gasteiger partial charge in [0.05, 0.1) is 33.8 Å². The lowest BCUT2D eigenvalue weighted by molar-refractivity contribution is -0.870. The number of amides is 1. The van der Waals surface area contributed by atoms with Crippen molar-refractivity contribution in [2.45, 2.75) is 296 Å². The summed E-state index contributed by atoms with van der Waals surface area (Å²) in [5.74, 6) is -0.577. The van der Waals surface area contributed by atoms with E-state index in [1.807, 2.05) is 33.3 Å². The third kappa shape index (κ3) is 64.6. The van der Waals surface area contributed by atoms with Crippen LogP contribution in [0.1, 0.15) is 284 Å². The lowest BCUT2D eigenvalue weighted by Gasteiger charge is -2.30. The molecule has 1 N–H and O–H groups in total. The minimum Gasteiger partial charge on any atom is -0.756 e. The number of rotatable bonds is 62. The molecular weight excluding hydrogens is 1080 g/mol. The molecule has 86 heavy (non-hydrogen) atoms. The lowest BCUT2D eigenvalue weighted by Crippen LogP contribution is -2.47. The average molecular weight is 1220 g/mol. The van der Waals surface area contributed by atoms with Crippen LogP contribution in [0.25, 0.3) is 0 Å².